The highest BCUT2D eigenvalue weighted by atomic mass is 79.9. The Morgan fingerprint density at radius 1 is 1.10 bits per heavy atom. The van der Waals surface area contributed by atoms with Crippen LogP contribution in [0.2, 0.25) is 0 Å². The minimum Gasteiger partial charge on any atom is -0.497 e. The van der Waals surface area contributed by atoms with Gasteiger partial charge < -0.3 is 20.1 Å². The lowest BCUT2D eigenvalue weighted by Gasteiger charge is -2.29. The maximum Gasteiger partial charge on any atom is 0.321 e. The molecule has 2 aromatic carbocycles. The molecule has 2 amide bonds. The lowest BCUT2D eigenvalue weighted by molar-refractivity contribution is 0.115. The van der Waals surface area contributed by atoms with E-state index in [1.165, 1.54) is 5.56 Å². The second-order valence-electron chi connectivity index (χ2n) is 7.73. The Bertz CT molecular complexity index is 843. The van der Waals surface area contributed by atoms with E-state index in [0.29, 0.717) is 31.2 Å². The third kappa shape index (κ3) is 4.57. The highest BCUT2D eigenvalue weighted by Gasteiger charge is 2.40. The van der Waals surface area contributed by atoms with Crippen molar-refractivity contribution in [3.8, 4) is 5.75 Å². The van der Waals surface area contributed by atoms with Crippen LogP contribution in [0.25, 0.3) is 0 Å². The lowest BCUT2D eigenvalue weighted by atomic mass is 9.91. The van der Waals surface area contributed by atoms with Crippen LogP contribution in [0, 0.1) is 0 Å². The lowest BCUT2D eigenvalue weighted by Crippen LogP contribution is -2.43. The molecule has 29 heavy (non-hydrogen) atoms. The topological polar surface area (TPSA) is 65.0 Å². The Kier molecular flexibility index (Phi) is 6.08. The monoisotopic (exact) mass is 459 g/mol. The Hall–Kier alpha value is -2.09. The molecule has 2 aliphatic rings. The number of benzene rings is 2. The summed E-state index contributed by atoms with van der Waals surface area (Å²) in [6.45, 7) is 2.47. The third-order valence-electron chi connectivity index (χ3n) is 5.87. The van der Waals surface area contributed by atoms with Crippen molar-refractivity contribution >= 4 is 27.6 Å². The van der Waals surface area contributed by atoms with Gasteiger partial charge in [-0.1, -0.05) is 28.1 Å². The number of aliphatic hydroxyl groups excluding tert-OH is 1. The molecule has 7 heteroatoms. The van der Waals surface area contributed by atoms with Crippen LogP contribution < -0.4 is 10.1 Å². The van der Waals surface area contributed by atoms with Crippen LogP contribution in [0.1, 0.15) is 17.9 Å². The highest BCUT2D eigenvalue weighted by molar-refractivity contribution is 9.10. The number of nitrogens with zero attached hydrogens (tertiary/aromatic N) is 2. The molecule has 0 aromatic heterocycles. The summed E-state index contributed by atoms with van der Waals surface area (Å²) >= 11 is 3.50. The van der Waals surface area contributed by atoms with Gasteiger partial charge in [0.2, 0.25) is 0 Å². The Morgan fingerprint density at radius 3 is 2.52 bits per heavy atom. The molecule has 0 spiro atoms. The van der Waals surface area contributed by atoms with Crippen molar-refractivity contribution in [2.45, 2.75) is 24.5 Å². The molecule has 2 fully saturated rings. The van der Waals surface area contributed by atoms with Crippen LogP contribution in [0.5, 0.6) is 5.75 Å². The van der Waals surface area contributed by atoms with E-state index in [0.717, 1.165) is 23.2 Å². The summed E-state index contributed by atoms with van der Waals surface area (Å²) in [6.07, 6.45) is 0.484. The molecule has 154 valence electrons. The van der Waals surface area contributed by atoms with E-state index in [4.69, 9.17) is 4.74 Å². The first kappa shape index (κ1) is 20.2. The minimum absolute atomic E-state index is 0.183. The number of halogens is 1. The summed E-state index contributed by atoms with van der Waals surface area (Å²) in [5.74, 6) is 1.09. The zero-order valence-electron chi connectivity index (χ0n) is 16.4. The molecule has 2 N–H and O–H groups in total. The van der Waals surface area contributed by atoms with E-state index < -0.39 is 6.10 Å². The molecule has 0 saturated carbocycles. The number of methoxy groups -OCH3 is 1. The number of urea groups is 1. The zero-order valence-corrected chi connectivity index (χ0v) is 18.0. The summed E-state index contributed by atoms with van der Waals surface area (Å²) in [6, 6.07) is 15.7. The predicted molar refractivity (Wildman–Crippen MR) is 116 cm³/mol. The number of aliphatic hydroxyl groups is 1. The Morgan fingerprint density at radius 2 is 1.83 bits per heavy atom. The van der Waals surface area contributed by atoms with Gasteiger partial charge >= 0.3 is 6.03 Å². The van der Waals surface area contributed by atoms with E-state index in [-0.39, 0.29) is 12.1 Å². The average Bonchev–Trinajstić information content (AvgIpc) is 3.02. The first-order valence-corrected chi connectivity index (χ1v) is 10.7. The molecule has 0 radical (unpaired) electrons. The van der Waals surface area contributed by atoms with Gasteiger partial charge in [-0.15, -0.1) is 0 Å². The number of carbonyl (C=O) groups excluding carboxylic acids is 1. The fourth-order valence-corrected chi connectivity index (χ4v) is 4.68. The number of ether oxygens (including phenoxy) is 1. The zero-order chi connectivity index (χ0) is 20.4. The number of rotatable bonds is 3. The molecular formula is C22H26BrN3O3. The molecule has 0 unspecified atom stereocenters. The Balaban J connectivity index is 1.50. The SMILES string of the molecule is COc1ccc(NC(=O)N2C[C@H](O)CN3CC[C@H](c4ccc(Br)cc4)[C@@H]3C2)cc1. The number of anilines is 1. The summed E-state index contributed by atoms with van der Waals surface area (Å²) in [5.41, 5.74) is 2.00. The summed E-state index contributed by atoms with van der Waals surface area (Å²) in [7, 11) is 1.61. The quantitative estimate of drug-likeness (QED) is 0.736. The second-order valence-corrected chi connectivity index (χ2v) is 8.64. The summed E-state index contributed by atoms with van der Waals surface area (Å²) in [4.78, 5) is 17.0. The molecule has 0 aliphatic carbocycles. The number of β-amino-alcohol motifs (C(OH)–C–C–N with tert-alkyl or cyclic N) is 1. The van der Waals surface area contributed by atoms with Crippen LogP contribution in [-0.2, 0) is 0 Å². The number of hydrogen-bond donors (Lipinski definition) is 2. The van der Waals surface area contributed by atoms with E-state index in [1.54, 1.807) is 12.0 Å². The van der Waals surface area contributed by atoms with Crippen molar-refractivity contribution in [3.05, 3.63) is 58.6 Å². The van der Waals surface area contributed by atoms with Gasteiger partial charge in [0.05, 0.1) is 13.2 Å². The molecule has 4 rings (SSSR count). The smallest absolute Gasteiger partial charge is 0.321 e. The fourth-order valence-electron chi connectivity index (χ4n) is 4.41. The van der Waals surface area contributed by atoms with Crippen LogP contribution in [0.3, 0.4) is 0 Å². The maximum atomic E-state index is 12.9. The standard InChI is InChI=1S/C22H26BrN3O3/c1-29-19-8-6-17(7-9-19)24-22(28)26-13-18(27)12-25-11-10-20(21(25)14-26)15-2-4-16(23)5-3-15/h2-9,18,20-21,27H,10-14H2,1H3,(H,24,28)/t18-,20-,21+/m1/s1. The van der Waals surface area contributed by atoms with Gasteiger partial charge in [-0.2, -0.15) is 0 Å². The number of carbonyl (C=O) groups is 1. The van der Waals surface area contributed by atoms with Crippen molar-refractivity contribution in [1.29, 1.82) is 0 Å². The minimum atomic E-state index is -0.551. The Labute approximate surface area is 179 Å². The van der Waals surface area contributed by atoms with Gasteiger partial charge in [-0.05, 0) is 54.9 Å². The van der Waals surface area contributed by atoms with Gasteiger partial charge in [0, 0.05) is 41.8 Å². The molecule has 2 saturated heterocycles. The molecule has 6 nitrogen and oxygen atoms in total. The van der Waals surface area contributed by atoms with E-state index >= 15 is 0 Å². The molecule has 0 bridgehead atoms. The van der Waals surface area contributed by atoms with Crippen LogP contribution in [-0.4, -0.2) is 66.4 Å². The summed E-state index contributed by atoms with van der Waals surface area (Å²) in [5, 5.41) is 13.4. The first-order valence-electron chi connectivity index (χ1n) is 9.91. The highest BCUT2D eigenvalue weighted by Crippen LogP contribution is 2.36. The van der Waals surface area contributed by atoms with Gasteiger partial charge in [0.1, 0.15) is 5.75 Å². The van der Waals surface area contributed by atoms with E-state index in [9.17, 15) is 9.90 Å². The summed E-state index contributed by atoms with van der Waals surface area (Å²) < 4.78 is 6.23. The van der Waals surface area contributed by atoms with Crippen molar-refractivity contribution in [3.63, 3.8) is 0 Å². The van der Waals surface area contributed by atoms with Gasteiger partial charge in [0.15, 0.2) is 0 Å². The second kappa shape index (κ2) is 8.73. The fraction of sp³-hybridized carbons (Fsp3) is 0.409. The predicted octanol–water partition coefficient (Wildman–Crippen LogP) is 3.52. The van der Waals surface area contributed by atoms with Crippen LogP contribution >= 0.6 is 15.9 Å². The van der Waals surface area contributed by atoms with Gasteiger partial charge in [0.25, 0.3) is 0 Å². The number of nitrogens with one attached hydrogen (secondary N) is 1. The molecule has 3 atom stereocenters. The van der Waals surface area contributed by atoms with E-state index in [1.807, 2.05) is 24.3 Å². The molecule has 2 aromatic rings. The number of amides is 2. The molecule has 2 heterocycles. The maximum absolute atomic E-state index is 12.9. The van der Waals surface area contributed by atoms with E-state index in [2.05, 4.69) is 50.4 Å². The number of fused-ring (bicyclic) bond motifs is 1. The largest absolute Gasteiger partial charge is 0.497 e. The average molecular weight is 460 g/mol. The van der Waals surface area contributed by atoms with Crippen molar-refractivity contribution in [2.24, 2.45) is 0 Å². The molecular weight excluding hydrogens is 434 g/mol. The van der Waals surface area contributed by atoms with Crippen LogP contribution in [0.15, 0.2) is 53.0 Å². The normalized spacial score (nSPS) is 24.7. The molecule has 2 aliphatic heterocycles. The van der Waals surface area contributed by atoms with Gasteiger partial charge in [-0.25, -0.2) is 4.79 Å². The van der Waals surface area contributed by atoms with Crippen LogP contribution in [0.4, 0.5) is 10.5 Å². The number of hydrogen-bond acceptors (Lipinski definition) is 4. The first-order chi connectivity index (χ1) is 14.0. The van der Waals surface area contributed by atoms with Gasteiger partial charge in [-0.3, -0.25) is 4.90 Å². The van der Waals surface area contributed by atoms with Crippen molar-refractivity contribution < 1.29 is 14.6 Å². The van der Waals surface area contributed by atoms with Crippen molar-refractivity contribution in [2.75, 3.05) is 38.6 Å². The van der Waals surface area contributed by atoms with Crippen molar-refractivity contribution in [1.82, 2.24) is 9.80 Å². The third-order valence-corrected chi connectivity index (χ3v) is 6.40.